The zero-order valence-corrected chi connectivity index (χ0v) is 16.2. The van der Waals surface area contributed by atoms with Crippen molar-refractivity contribution in [1.82, 2.24) is 10.2 Å². The van der Waals surface area contributed by atoms with E-state index in [2.05, 4.69) is 11.1 Å². The number of allylic oxidation sites excluding steroid dienone is 2. The Kier molecular flexibility index (Phi) is 7.83. The van der Waals surface area contributed by atoms with Gasteiger partial charge in [-0.1, -0.05) is 44.5 Å². The second-order valence-corrected chi connectivity index (χ2v) is 7.19. The SMILES string of the molecule is CNC(=O)[C@@H](N1CC=CC=C1c1ccc(F)c(Cl)c1)C(C)(C)C.NC=O. The number of nitrogens with zero attached hydrogens (tertiary/aromatic N) is 1. The summed E-state index contributed by atoms with van der Waals surface area (Å²) in [6.45, 7) is 6.69. The minimum absolute atomic E-state index is 0.0492. The molecule has 3 N–H and O–H groups in total. The molecule has 0 saturated heterocycles. The average Bonchev–Trinajstić information content (AvgIpc) is 2.57. The van der Waals surface area contributed by atoms with Crippen LogP contribution >= 0.6 is 11.6 Å². The fraction of sp³-hybridized carbons (Fsp3) is 0.368. The minimum Gasteiger partial charge on any atom is -0.372 e. The van der Waals surface area contributed by atoms with Gasteiger partial charge in [-0.3, -0.25) is 9.59 Å². The van der Waals surface area contributed by atoms with E-state index in [0.717, 1.165) is 11.3 Å². The van der Waals surface area contributed by atoms with Crippen LogP contribution in [0, 0.1) is 11.2 Å². The van der Waals surface area contributed by atoms with Gasteiger partial charge in [-0.05, 0) is 35.3 Å². The van der Waals surface area contributed by atoms with E-state index in [0.29, 0.717) is 6.54 Å². The molecule has 1 aromatic rings. The summed E-state index contributed by atoms with van der Waals surface area (Å²) in [5, 5.41) is 2.82. The van der Waals surface area contributed by atoms with Crippen LogP contribution in [-0.2, 0) is 9.59 Å². The highest BCUT2D eigenvalue weighted by Crippen LogP contribution is 2.33. The Morgan fingerprint density at radius 1 is 1.42 bits per heavy atom. The highest BCUT2D eigenvalue weighted by atomic mass is 35.5. The summed E-state index contributed by atoms with van der Waals surface area (Å²) < 4.78 is 13.5. The fourth-order valence-corrected chi connectivity index (χ4v) is 3.01. The molecule has 1 atom stereocenters. The van der Waals surface area contributed by atoms with Gasteiger partial charge < -0.3 is 16.0 Å². The second kappa shape index (κ2) is 9.38. The molecule has 1 aromatic carbocycles. The summed E-state index contributed by atoms with van der Waals surface area (Å²) in [7, 11) is 1.64. The lowest BCUT2D eigenvalue weighted by Gasteiger charge is -2.42. The quantitative estimate of drug-likeness (QED) is 0.790. The molecule has 7 heteroatoms. The van der Waals surface area contributed by atoms with Gasteiger partial charge in [0.1, 0.15) is 11.9 Å². The molecule has 5 nitrogen and oxygen atoms in total. The van der Waals surface area contributed by atoms with Crippen molar-refractivity contribution in [3.63, 3.8) is 0 Å². The molecule has 0 aromatic heterocycles. The Labute approximate surface area is 158 Å². The van der Waals surface area contributed by atoms with E-state index in [1.54, 1.807) is 19.2 Å². The number of rotatable bonds is 3. The van der Waals surface area contributed by atoms with E-state index in [-0.39, 0.29) is 28.8 Å². The van der Waals surface area contributed by atoms with Crippen molar-refractivity contribution in [2.45, 2.75) is 26.8 Å². The summed E-state index contributed by atoms with van der Waals surface area (Å²) in [5.74, 6) is -0.500. The van der Waals surface area contributed by atoms with Crippen molar-refractivity contribution in [3.8, 4) is 0 Å². The largest absolute Gasteiger partial charge is 0.372 e. The number of hydrogen-bond donors (Lipinski definition) is 2. The van der Waals surface area contributed by atoms with Gasteiger partial charge in [0, 0.05) is 19.3 Å². The summed E-state index contributed by atoms with van der Waals surface area (Å²) in [6.07, 6.45) is 6.11. The molecule has 0 spiro atoms. The standard InChI is InChI=1S/C18H22ClFN2O.CH3NO/c1-18(2,3)16(17(23)21-4)22-10-6-5-7-15(22)12-8-9-14(20)13(19)11-12;2-1-3/h5-9,11,16H,10H2,1-4H3,(H,21,23);1H,(H2,2,3)/t16-;/m1./s1. The van der Waals surface area contributed by atoms with Crippen LogP contribution < -0.4 is 11.1 Å². The summed E-state index contributed by atoms with van der Waals surface area (Å²) >= 11 is 5.92. The number of hydrogen-bond acceptors (Lipinski definition) is 3. The van der Waals surface area contributed by atoms with Gasteiger partial charge in [0.25, 0.3) is 0 Å². The first-order valence-electron chi connectivity index (χ1n) is 8.13. The van der Waals surface area contributed by atoms with Crippen LogP contribution in [0.3, 0.4) is 0 Å². The number of nitrogens with two attached hydrogens (primary N) is 1. The van der Waals surface area contributed by atoms with Crippen molar-refractivity contribution in [1.29, 1.82) is 0 Å². The van der Waals surface area contributed by atoms with Crippen molar-refractivity contribution in [2.75, 3.05) is 13.6 Å². The van der Waals surface area contributed by atoms with E-state index >= 15 is 0 Å². The van der Waals surface area contributed by atoms with Crippen LogP contribution in [0.5, 0.6) is 0 Å². The Morgan fingerprint density at radius 3 is 2.54 bits per heavy atom. The molecule has 1 aliphatic heterocycles. The number of amides is 2. The summed E-state index contributed by atoms with van der Waals surface area (Å²) in [6, 6.07) is 4.27. The first-order chi connectivity index (χ1) is 12.2. The third-order valence-electron chi connectivity index (χ3n) is 3.84. The molecule has 0 aliphatic carbocycles. The van der Waals surface area contributed by atoms with Crippen LogP contribution in [0.4, 0.5) is 4.39 Å². The maximum atomic E-state index is 13.5. The highest BCUT2D eigenvalue weighted by molar-refractivity contribution is 6.30. The molecule has 0 unspecified atom stereocenters. The number of nitrogens with one attached hydrogen (secondary N) is 1. The number of halogens is 2. The molecule has 0 saturated carbocycles. The monoisotopic (exact) mass is 381 g/mol. The third-order valence-corrected chi connectivity index (χ3v) is 4.13. The van der Waals surface area contributed by atoms with Crippen LogP contribution in [0.15, 0.2) is 36.4 Å². The zero-order valence-electron chi connectivity index (χ0n) is 15.4. The third kappa shape index (κ3) is 5.33. The van der Waals surface area contributed by atoms with E-state index < -0.39 is 5.82 Å². The maximum Gasteiger partial charge on any atom is 0.243 e. The van der Waals surface area contributed by atoms with E-state index in [4.69, 9.17) is 16.4 Å². The molecule has 142 valence electrons. The van der Waals surface area contributed by atoms with E-state index in [1.165, 1.54) is 6.07 Å². The van der Waals surface area contributed by atoms with Crippen molar-refractivity contribution in [2.24, 2.45) is 11.1 Å². The summed E-state index contributed by atoms with van der Waals surface area (Å²) in [4.78, 5) is 23.1. The summed E-state index contributed by atoms with van der Waals surface area (Å²) in [5.41, 5.74) is 5.55. The Morgan fingerprint density at radius 2 is 2.04 bits per heavy atom. The molecular weight excluding hydrogens is 357 g/mol. The number of carbonyl (C=O) groups is 2. The molecule has 26 heavy (non-hydrogen) atoms. The lowest BCUT2D eigenvalue weighted by molar-refractivity contribution is -0.128. The predicted octanol–water partition coefficient (Wildman–Crippen LogP) is 2.95. The molecule has 0 fully saturated rings. The van der Waals surface area contributed by atoms with Crippen molar-refractivity contribution < 1.29 is 14.0 Å². The molecule has 2 amide bonds. The fourth-order valence-electron chi connectivity index (χ4n) is 2.83. The molecule has 1 aliphatic rings. The first-order valence-corrected chi connectivity index (χ1v) is 8.51. The Bertz CT molecular complexity index is 711. The molecule has 0 bridgehead atoms. The first kappa shape index (κ1) is 21.7. The normalized spacial score (nSPS) is 14.7. The van der Waals surface area contributed by atoms with Crippen molar-refractivity contribution >= 4 is 29.6 Å². The predicted molar refractivity (Wildman–Crippen MR) is 103 cm³/mol. The van der Waals surface area contributed by atoms with Gasteiger partial charge in [0.15, 0.2) is 0 Å². The molecular formula is C19H25ClFN3O2. The maximum absolute atomic E-state index is 13.5. The highest BCUT2D eigenvalue weighted by Gasteiger charge is 2.37. The van der Waals surface area contributed by atoms with Crippen LogP contribution in [0.2, 0.25) is 5.02 Å². The molecule has 0 radical (unpaired) electrons. The van der Waals surface area contributed by atoms with E-state index in [1.807, 2.05) is 43.9 Å². The van der Waals surface area contributed by atoms with Gasteiger partial charge in [-0.25, -0.2) is 4.39 Å². The number of likely N-dealkylation sites (N-methyl/N-ethyl adjacent to an activating group) is 1. The minimum atomic E-state index is -0.451. The molecule has 1 heterocycles. The number of primary amides is 1. The van der Waals surface area contributed by atoms with Gasteiger partial charge >= 0.3 is 0 Å². The van der Waals surface area contributed by atoms with Crippen LogP contribution in [0.25, 0.3) is 5.70 Å². The number of carbonyl (C=O) groups excluding carboxylic acids is 2. The van der Waals surface area contributed by atoms with Crippen molar-refractivity contribution in [3.05, 3.63) is 52.8 Å². The number of benzene rings is 1. The topological polar surface area (TPSA) is 75.4 Å². The second-order valence-electron chi connectivity index (χ2n) is 6.78. The smallest absolute Gasteiger partial charge is 0.243 e. The van der Waals surface area contributed by atoms with Gasteiger partial charge in [-0.2, -0.15) is 0 Å². The van der Waals surface area contributed by atoms with Crippen LogP contribution in [-0.4, -0.2) is 36.9 Å². The Hall–Kier alpha value is -2.34. The van der Waals surface area contributed by atoms with Gasteiger partial charge in [0.05, 0.1) is 5.02 Å². The zero-order chi connectivity index (χ0) is 19.9. The van der Waals surface area contributed by atoms with Crippen LogP contribution in [0.1, 0.15) is 26.3 Å². The Balaban J connectivity index is 0.00000105. The lowest BCUT2D eigenvalue weighted by atomic mass is 9.83. The molecule has 2 rings (SSSR count). The van der Waals surface area contributed by atoms with Gasteiger partial charge in [0.2, 0.25) is 12.3 Å². The average molecular weight is 382 g/mol. The lowest BCUT2D eigenvalue weighted by Crippen LogP contribution is -2.52. The van der Waals surface area contributed by atoms with E-state index in [9.17, 15) is 9.18 Å². The van der Waals surface area contributed by atoms with Gasteiger partial charge in [-0.15, -0.1) is 0 Å².